The average molecular weight is 431 g/mol. The van der Waals surface area contributed by atoms with E-state index in [1.54, 1.807) is 17.8 Å². The molecule has 2 aliphatic heterocycles. The van der Waals surface area contributed by atoms with E-state index in [4.69, 9.17) is 9.72 Å². The van der Waals surface area contributed by atoms with Gasteiger partial charge in [-0.2, -0.15) is 0 Å². The summed E-state index contributed by atoms with van der Waals surface area (Å²) in [4.78, 5) is 14.3. The fourth-order valence-corrected chi connectivity index (χ4v) is 5.26. The van der Waals surface area contributed by atoms with Crippen LogP contribution in [0.25, 0.3) is 0 Å². The summed E-state index contributed by atoms with van der Waals surface area (Å²) >= 11 is 1.77. The Hall–Kier alpha value is -1.70. The number of likely N-dealkylation sites (tertiary alicyclic amines) is 2. The van der Waals surface area contributed by atoms with Gasteiger partial charge in [-0.3, -0.25) is 4.90 Å². The van der Waals surface area contributed by atoms with Gasteiger partial charge < -0.3 is 9.64 Å². The van der Waals surface area contributed by atoms with Crippen LogP contribution in [0.1, 0.15) is 42.9 Å². The molecule has 2 aliphatic rings. The van der Waals surface area contributed by atoms with E-state index in [2.05, 4.69) is 20.9 Å². The highest BCUT2D eigenvalue weighted by Gasteiger charge is 2.23. The van der Waals surface area contributed by atoms with Crippen molar-refractivity contribution in [1.29, 1.82) is 0 Å². The second-order valence-corrected chi connectivity index (χ2v) is 9.27. The van der Waals surface area contributed by atoms with Gasteiger partial charge in [0.2, 0.25) is 0 Å². The fourth-order valence-electron chi connectivity index (χ4n) is 4.42. The third kappa shape index (κ3) is 5.71. The predicted octanol–water partition coefficient (Wildman–Crippen LogP) is 4.19. The molecule has 0 aliphatic carbocycles. The van der Waals surface area contributed by atoms with Gasteiger partial charge in [0.25, 0.3) is 0 Å². The van der Waals surface area contributed by atoms with Crippen molar-refractivity contribution in [3.8, 4) is 5.75 Å². The lowest BCUT2D eigenvalue weighted by Gasteiger charge is -2.32. The number of benzene rings is 1. The van der Waals surface area contributed by atoms with Crippen LogP contribution >= 0.6 is 11.8 Å². The second kappa shape index (κ2) is 10.6. The molecule has 0 unspecified atom stereocenters. The van der Waals surface area contributed by atoms with Gasteiger partial charge in [0.05, 0.1) is 7.11 Å². The van der Waals surface area contributed by atoms with Crippen LogP contribution in [-0.4, -0.2) is 65.4 Å². The SMILES string of the molecule is COc1cc(CN2CCC[C@H](c3ccnc(SCCN4CCCC4)n3)C2)ccc1F. The van der Waals surface area contributed by atoms with Gasteiger partial charge in [-0.1, -0.05) is 17.8 Å². The summed E-state index contributed by atoms with van der Waals surface area (Å²) in [6, 6.07) is 7.21. The van der Waals surface area contributed by atoms with Crippen molar-refractivity contribution in [1.82, 2.24) is 19.8 Å². The molecule has 0 saturated carbocycles. The Morgan fingerprint density at radius 2 is 1.97 bits per heavy atom. The minimum atomic E-state index is -0.312. The topological polar surface area (TPSA) is 41.5 Å². The smallest absolute Gasteiger partial charge is 0.187 e. The molecule has 0 spiro atoms. The van der Waals surface area contributed by atoms with Crippen LogP contribution in [0, 0.1) is 5.82 Å². The summed E-state index contributed by atoms with van der Waals surface area (Å²) in [6.07, 6.45) is 6.87. The van der Waals surface area contributed by atoms with Gasteiger partial charge in [-0.15, -0.1) is 0 Å². The zero-order valence-corrected chi connectivity index (χ0v) is 18.5. The van der Waals surface area contributed by atoms with Gasteiger partial charge >= 0.3 is 0 Å². The van der Waals surface area contributed by atoms with E-state index >= 15 is 0 Å². The fraction of sp³-hybridized carbons (Fsp3) is 0.565. The molecule has 0 N–H and O–H groups in total. The highest BCUT2D eigenvalue weighted by molar-refractivity contribution is 7.99. The summed E-state index contributed by atoms with van der Waals surface area (Å²) in [5.41, 5.74) is 2.23. The maximum Gasteiger partial charge on any atom is 0.187 e. The Labute approximate surface area is 183 Å². The third-order valence-electron chi connectivity index (χ3n) is 6.04. The molecular formula is C23H31FN4OS. The first-order valence-electron chi connectivity index (χ1n) is 10.9. The van der Waals surface area contributed by atoms with Crippen molar-refractivity contribution in [2.24, 2.45) is 0 Å². The number of piperidine rings is 1. The van der Waals surface area contributed by atoms with Crippen molar-refractivity contribution in [3.63, 3.8) is 0 Å². The van der Waals surface area contributed by atoms with Crippen LogP contribution in [0.5, 0.6) is 5.75 Å². The monoisotopic (exact) mass is 430 g/mol. The van der Waals surface area contributed by atoms with E-state index in [1.807, 2.05) is 12.3 Å². The van der Waals surface area contributed by atoms with Gasteiger partial charge in [-0.25, -0.2) is 14.4 Å². The largest absolute Gasteiger partial charge is 0.494 e. The second-order valence-electron chi connectivity index (χ2n) is 8.20. The molecule has 1 atom stereocenters. The zero-order valence-electron chi connectivity index (χ0n) is 17.7. The molecule has 4 rings (SSSR count). The maximum absolute atomic E-state index is 13.7. The van der Waals surface area contributed by atoms with E-state index in [0.717, 1.165) is 61.2 Å². The average Bonchev–Trinajstić information content (AvgIpc) is 3.29. The number of rotatable bonds is 8. The van der Waals surface area contributed by atoms with E-state index < -0.39 is 0 Å². The molecule has 7 heteroatoms. The Kier molecular flexibility index (Phi) is 7.57. The summed E-state index contributed by atoms with van der Waals surface area (Å²) in [6.45, 7) is 6.41. The first-order chi connectivity index (χ1) is 14.7. The number of methoxy groups -OCH3 is 1. The van der Waals surface area contributed by atoms with E-state index in [0.29, 0.717) is 11.7 Å². The molecular weight excluding hydrogens is 399 g/mol. The van der Waals surface area contributed by atoms with E-state index in [-0.39, 0.29) is 5.82 Å². The van der Waals surface area contributed by atoms with Crippen molar-refractivity contribution in [2.45, 2.75) is 43.3 Å². The van der Waals surface area contributed by atoms with Crippen LogP contribution in [0.2, 0.25) is 0 Å². The number of aromatic nitrogens is 2. The molecule has 0 bridgehead atoms. The minimum absolute atomic E-state index is 0.312. The van der Waals surface area contributed by atoms with E-state index in [9.17, 15) is 4.39 Å². The third-order valence-corrected chi connectivity index (χ3v) is 6.88. The van der Waals surface area contributed by atoms with Crippen LogP contribution < -0.4 is 4.74 Å². The molecule has 2 fully saturated rings. The molecule has 30 heavy (non-hydrogen) atoms. The predicted molar refractivity (Wildman–Crippen MR) is 119 cm³/mol. The van der Waals surface area contributed by atoms with Crippen molar-refractivity contribution in [2.75, 3.05) is 45.6 Å². The van der Waals surface area contributed by atoms with Gasteiger partial charge in [0.15, 0.2) is 16.7 Å². The summed E-state index contributed by atoms with van der Waals surface area (Å²) < 4.78 is 18.8. The van der Waals surface area contributed by atoms with Crippen LogP contribution in [0.4, 0.5) is 4.39 Å². The number of nitrogens with zero attached hydrogens (tertiary/aromatic N) is 4. The van der Waals surface area contributed by atoms with Crippen molar-refractivity contribution >= 4 is 11.8 Å². The maximum atomic E-state index is 13.7. The molecule has 1 aromatic carbocycles. The Bertz CT molecular complexity index is 831. The molecule has 0 radical (unpaired) electrons. The van der Waals surface area contributed by atoms with E-state index in [1.165, 1.54) is 39.1 Å². The Morgan fingerprint density at radius 1 is 1.13 bits per heavy atom. The Balaban J connectivity index is 1.33. The molecule has 1 aromatic heterocycles. The van der Waals surface area contributed by atoms with Crippen LogP contribution in [-0.2, 0) is 6.54 Å². The summed E-state index contributed by atoms with van der Waals surface area (Å²) in [7, 11) is 1.51. The van der Waals surface area contributed by atoms with Gasteiger partial charge in [0, 0.05) is 43.2 Å². The highest BCUT2D eigenvalue weighted by atomic mass is 32.2. The number of hydrogen-bond donors (Lipinski definition) is 0. The van der Waals surface area contributed by atoms with Crippen LogP contribution in [0.15, 0.2) is 35.6 Å². The molecule has 3 heterocycles. The minimum Gasteiger partial charge on any atom is -0.494 e. The molecule has 5 nitrogen and oxygen atoms in total. The lowest BCUT2D eigenvalue weighted by molar-refractivity contribution is 0.198. The standard InChI is InChI=1S/C23H31FN4OS/c1-29-22-15-18(6-7-20(22)24)16-28-12-4-5-19(17-28)21-8-9-25-23(26-21)30-14-13-27-10-2-3-11-27/h6-9,15,19H,2-5,10-14,16-17H2,1H3/t19-/m0/s1. The highest BCUT2D eigenvalue weighted by Crippen LogP contribution is 2.28. The Morgan fingerprint density at radius 3 is 2.80 bits per heavy atom. The first-order valence-corrected chi connectivity index (χ1v) is 11.9. The summed E-state index contributed by atoms with van der Waals surface area (Å²) in [5, 5.41) is 0.895. The lowest BCUT2D eigenvalue weighted by atomic mass is 9.94. The normalized spacial score (nSPS) is 20.5. The number of thioether (sulfide) groups is 1. The molecule has 0 amide bonds. The first kappa shape index (κ1) is 21.5. The van der Waals surface area contributed by atoms with Crippen molar-refractivity contribution in [3.05, 3.63) is 47.5 Å². The number of halogens is 1. The molecule has 2 aromatic rings. The van der Waals surface area contributed by atoms with Crippen molar-refractivity contribution < 1.29 is 9.13 Å². The molecule has 2 saturated heterocycles. The van der Waals surface area contributed by atoms with Gasteiger partial charge in [-0.05, 0) is 69.1 Å². The molecule has 162 valence electrons. The number of hydrogen-bond acceptors (Lipinski definition) is 6. The zero-order chi connectivity index (χ0) is 20.8. The summed E-state index contributed by atoms with van der Waals surface area (Å²) in [5.74, 6) is 1.47. The van der Waals surface area contributed by atoms with Gasteiger partial charge in [0.1, 0.15) is 0 Å². The number of ether oxygens (including phenoxy) is 1. The quantitative estimate of drug-likeness (QED) is 0.462. The lowest BCUT2D eigenvalue weighted by Crippen LogP contribution is -2.34. The van der Waals surface area contributed by atoms with Crippen LogP contribution in [0.3, 0.4) is 0 Å².